The van der Waals surface area contributed by atoms with Crippen molar-refractivity contribution in [3.05, 3.63) is 84.7 Å². The van der Waals surface area contributed by atoms with E-state index in [1.54, 1.807) is 27.7 Å². The van der Waals surface area contributed by atoms with Crippen molar-refractivity contribution in [2.24, 2.45) is 0 Å². The van der Waals surface area contributed by atoms with Gasteiger partial charge in [0.1, 0.15) is 18.2 Å². The van der Waals surface area contributed by atoms with Gasteiger partial charge in [0, 0.05) is 11.7 Å². The Morgan fingerprint density at radius 2 is 1.62 bits per heavy atom. The topological polar surface area (TPSA) is 38.1 Å². The summed E-state index contributed by atoms with van der Waals surface area (Å²) < 4.78 is 16.3. The van der Waals surface area contributed by atoms with Crippen LogP contribution in [0.2, 0.25) is 0 Å². The van der Waals surface area contributed by atoms with E-state index in [1.165, 1.54) is 6.07 Å². The van der Waals surface area contributed by atoms with Gasteiger partial charge in [0.15, 0.2) is 0 Å². The van der Waals surface area contributed by atoms with Crippen molar-refractivity contribution in [2.75, 3.05) is 4.90 Å². The summed E-state index contributed by atoms with van der Waals surface area (Å²) in [7, 11) is 0. The Kier molecular flexibility index (Phi) is 5.12. The molecule has 0 aliphatic rings. The summed E-state index contributed by atoms with van der Waals surface area (Å²) in [6.07, 6.45) is 0. The molecule has 3 aromatic carbocycles. The smallest absolute Gasteiger partial charge is 0.247 e. The van der Waals surface area contributed by atoms with Crippen molar-refractivity contribution in [3.63, 3.8) is 0 Å². The maximum absolute atomic E-state index is 14.5. The van der Waals surface area contributed by atoms with Crippen LogP contribution in [0.3, 0.4) is 0 Å². The fraction of sp³-hybridized carbons (Fsp3) is 0.167. The molecule has 1 amide bonds. The molecule has 0 atom stereocenters. The Labute approximate surface area is 169 Å². The molecule has 4 aromatic rings. The average Bonchev–Trinajstić information content (AvgIpc) is 3.07. The Hall–Kier alpha value is -3.47. The van der Waals surface area contributed by atoms with E-state index in [0.717, 1.165) is 16.7 Å². The predicted octanol–water partition coefficient (Wildman–Crippen LogP) is 5.28. The Morgan fingerprint density at radius 1 is 0.966 bits per heavy atom. The number of carbonyl (C=O) groups excluding carboxylic acids is 1. The zero-order valence-electron chi connectivity index (χ0n) is 16.4. The van der Waals surface area contributed by atoms with E-state index in [1.807, 2.05) is 68.4 Å². The molecule has 0 fully saturated rings. The van der Waals surface area contributed by atoms with E-state index in [9.17, 15) is 9.18 Å². The zero-order chi connectivity index (χ0) is 20.4. The monoisotopic (exact) mass is 387 g/mol. The Bertz CT molecular complexity index is 1150. The quantitative estimate of drug-likeness (QED) is 0.467. The van der Waals surface area contributed by atoms with Gasteiger partial charge in [-0.15, -0.1) is 0 Å². The standard InChI is InChI=1S/C24H22FN3O/c1-17(2)28(18-10-4-3-5-11-18)23(29)16-27-22-15-9-8-14-21(22)26-24(27)19-12-6-7-13-20(19)25/h3-15,17H,16H2,1-2H3. The number of para-hydroxylation sites is 3. The number of hydrogen-bond acceptors (Lipinski definition) is 2. The van der Waals surface area contributed by atoms with E-state index < -0.39 is 0 Å². The SMILES string of the molecule is CC(C)N(C(=O)Cn1c(-c2ccccc2F)nc2ccccc21)c1ccccc1. The van der Waals surface area contributed by atoms with Crippen LogP contribution in [0.5, 0.6) is 0 Å². The number of fused-ring (bicyclic) bond motifs is 1. The third-order valence-electron chi connectivity index (χ3n) is 4.88. The number of anilines is 1. The molecule has 0 aliphatic heterocycles. The van der Waals surface area contributed by atoms with Gasteiger partial charge in [-0.25, -0.2) is 9.37 Å². The average molecular weight is 387 g/mol. The normalized spacial score (nSPS) is 11.2. The van der Waals surface area contributed by atoms with Gasteiger partial charge in [-0.05, 0) is 50.2 Å². The fourth-order valence-corrected chi connectivity index (χ4v) is 3.61. The Morgan fingerprint density at radius 3 is 2.34 bits per heavy atom. The van der Waals surface area contributed by atoms with Gasteiger partial charge in [-0.3, -0.25) is 4.79 Å². The summed E-state index contributed by atoms with van der Waals surface area (Å²) in [5.74, 6) is 0.0154. The summed E-state index contributed by atoms with van der Waals surface area (Å²) >= 11 is 0. The predicted molar refractivity (Wildman–Crippen MR) is 114 cm³/mol. The molecular weight excluding hydrogens is 365 g/mol. The van der Waals surface area contributed by atoms with Crippen LogP contribution >= 0.6 is 0 Å². The second kappa shape index (κ2) is 7.87. The number of halogens is 1. The molecule has 0 saturated carbocycles. The van der Waals surface area contributed by atoms with Crippen LogP contribution < -0.4 is 4.90 Å². The number of carbonyl (C=O) groups is 1. The molecule has 0 radical (unpaired) electrons. The van der Waals surface area contributed by atoms with Crippen LogP contribution in [-0.2, 0) is 11.3 Å². The molecule has 0 N–H and O–H groups in total. The molecule has 1 heterocycles. The Balaban J connectivity index is 1.80. The van der Waals surface area contributed by atoms with Gasteiger partial charge in [-0.1, -0.05) is 42.5 Å². The maximum Gasteiger partial charge on any atom is 0.247 e. The first-order valence-corrected chi connectivity index (χ1v) is 9.63. The van der Waals surface area contributed by atoms with E-state index >= 15 is 0 Å². The van der Waals surface area contributed by atoms with Gasteiger partial charge in [0.25, 0.3) is 0 Å². The first-order chi connectivity index (χ1) is 14.1. The highest BCUT2D eigenvalue weighted by Gasteiger charge is 2.23. The minimum absolute atomic E-state index is 0.0170. The molecule has 146 valence electrons. The van der Waals surface area contributed by atoms with Crippen LogP contribution in [0, 0.1) is 5.82 Å². The van der Waals surface area contributed by atoms with Crippen LogP contribution in [-0.4, -0.2) is 21.5 Å². The van der Waals surface area contributed by atoms with Crippen LogP contribution in [0.25, 0.3) is 22.4 Å². The lowest BCUT2D eigenvalue weighted by Crippen LogP contribution is -2.39. The largest absolute Gasteiger partial charge is 0.314 e. The lowest BCUT2D eigenvalue weighted by Gasteiger charge is -2.27. The number of amides is 1. The van der Waals surface area contributed by atoms with Crippen molar-refractivity contribution in [3.8, 4) is 11.4 Å². The fourth-order valence-electron chi connectivity index (χ4n) is 3.61. The second-order valence-electron chi connectivity index (χ2n) is 7.18. The molecule has 0 spiro atoms. The minimum Gasteiger partial charge on any atom is -0.314 e. The molecule has 0 saturated heterocycles. The number of aromatic nitrogens is 2. The molecule has 4 rings (SSSR count). The molecule has 0 aliphatic carbocycles. The van der Waals surface area contributed by atoms with Crippen molar-refractivity contribution < 1.29 is 9.18 Å². The van der Waals surface area contributed by atoms with E-state index in [0.29, 0.717) is 11.4 Å². The van der Waals surface area contributed by atoms with Gasteiger partial charge >= 0.3 is 0 Å². The van der Waals surface area contributed by atoms with Gasteiger partial charge in [0.2, 0.25) is 5.91 Å². The molecule has 5 heteroatoms. The summed E-state index contributed by atoms with van der Waals surface area (Å²) in [5.41, 5.74) is 2.75. The number of imidazole rings is 1. The van der Waals surface area contributed by atoms with Gasteiger partial charge in [0.05, 0.1) is 16.6 Å². The van der Waals surface area contributed by atoms with Gasteiger partial charge in [-0.2, -0.15) is 0 Å². The molecule has 29 heavy (non-hydrogen) atoms. The van der Waals surface area contributed by atoms with Crippen molar-refractivity contribution in [2.45, 2.75) is 26.4 Å². The molecular formula is C24H22FN3O. The second-order valence-corrected chi connectivity index (χ2v) is 7.18. The molecule has 0 unspecified atom stereocenters. The van der Waals surface area contributed by atoms with E-state index in [4.69, 9.17) is 0 Å². The lowest BCUT2D eigenvalue weighted by molar-refractivity contribution is -0.119. The van der Waals surface area contributed by atoms with Crippen molar-refractivity contribution in [1.29, 1.82) is 0 Å². The molecule has 1 aromatic heterocycles. The summed E-state index contributed by atoms with van der Waals surface area (Å²) in [4.78, 5) is 19.7. The molecule has 0 bridgehead atoms. The van der Waals surface area contributed by atoms with Crippen molar-refractivity contribution >= 4 is 22.6 Å². The summed E-state index contributed by atoms with van der Waals surface area (Å²) in [5, 5.41) is 0. The number of hydrogen-bond donors (Lipinski definition) is 0. The van der Waals surface area contributed by atoms with E-state index in [2.05, 4.69) is 4.98 Å². The van der Waals surface area contributed by atoms with Gasteiger partial charge < -0.3 is 9.47 Å². The summed E-state index contributed by atoms with van der Waals surface area (Å²) in [6, 6.07) is 23.6. The van der Waals surface area contributed by atoms with E-state index in [-0.39, 0.29) is 24.3 Å². The maximum atomic E-state index is 14.5. The third-order valence-corrected chi connectivity index (χ3v) is 4.88. The third kappa shape index (κ3) is 3.63. The number of nitrogens with zero attached hydrogens (tertiary/aromatic N) is 3. The first-order valence-electron chi connectivity index (χ1n) is 9.63. The highest BCUT2D eigenvalue weighted by molar-refractivity contribution is 5.95. The minimum atomic E-state index is -0.361. The van der Waals surface area contributed by atoms with Crippen molar-refractivity contribution in [1.82, 2.24) is 9.55 Å². The lowest BCUT2D eigenvalue weighted by atomic mass is 10.2. The van der Waals surface area contributed by atoms with Crippen LogP contribution in [0.15, 0.2) is 78.9 Å². The number of rotatable bonds is 5. The molecule has 4 nitrogen and oxygen atoms in total. The highest BCUT2D eigenvalue weighted by atomic mass is 19.1. The van der Waals surface area contributed by atoms with Crippen LogP contribution in [0.4, 0.5) is 10.1 Å². The zero-order valence-corrected chi connectivity index (χ0v) is 16.4. The highest BCUT2D eigenvalue weighted by Crippen LogP contribution is 2.27. The summed E-state index contributed by atoms with van der Waals surface area (Å²) in [6.45, 7) is 4.03. The van der Waals surface area contributed by atoms with Crippen LogP contribution in [0.1, 0.15) is 13.8 Å². The first kappa shape index (κ1) is 18.9. The number of benzene rings is 3.